The van der Waals surface area contributed by atoms with Gasteiger partial charge in [-0.25, -0.2) is 4.79 Å². The Morgan fingerprint density at radius 2 is 1.75 bits per heavy atom. The lowest BCUT2D eigenvalue weighted by molar-refractivity contribution is -0.209. The van der Waals surface area contributed by atoms with Crippen LogP contribution in [0.4, 0.5) is 5.69 Å². The third-order valence-corrected chi connectivity index (χ3v) is 1.92. The number of anilines is 1. The zero-order chi connectivity index (χ0) is 12.2. The maximum absolute atomic E-state index is 11.4. The smallest absolute Gasteiger partial charge is 0.340 e. The molecule has 1 rings (SSSR count). The second-order valence-corrected chi connectivity index (χ2v) is 3.27. The third kappa shape index (κ3) is 2.93. The molecule has 16 heavy (non-hydrogen) atoms. The molecule has 1 aromatic carbocycles. The van der Waals surface area contributed by atoms with E-state index in [1.165, 1.54) is 24.3 Å². The summed E-state index contributed by atoms with van der Waals surface area (Å²) in [7, 11) is 0. The van der Waals surface area contributed by atoms with Gasteiger partial charge in [-0.05, 0) is 24.3 Å². The van der Waals surface area contributed by atoms with Crippen LogP contribution in [-0.4, -0.2) is 40.3 Å². The first kappa shape index (κ1) is 12.4. The molecule has 88 valence electrons. The molecule has 1 aromatic rings. The Morgan fingerprint density at radius 3 is 2.19 bits per heavy atom. The van der Waals surface area contributed by atoms with E-state index in [2.05, 4.69) is 4.74 Å². The van der Waals surface area contributed by atoms with Crippen LogP contribution in [0.5, 0.6) is 0 Å². The minimum Gasteiger partial charge on any atom is -0.425 e. The third-order valence-electron chi connectivity index (χ3n) is 1.92. The summed E-state index contributed by atoms with van der Waals surface area (Å²) in [5, 5.41) is 26.8. The zero-order valence-electron chi connectivity index (χ0n) is 8.46. The zero-order valence-corrected chi connectivity index (χ0v) is 8.46. The van der Waals surface area contributed by atoms with Gasteiger partial charge < -0.3 is 25.8 Å². The Hall–Kier alpha value is -1.63. The number of carbonyl (C=O) groups excluding carboxylic acids is 1. The Labute approximate surface area is 91.9 Å². The molecule has 6 heteroatoms. The lowest BCUT2D eigenvalue weighted by Gasteiger charge is -2.23. The fraction of sp³-hybridized carbons (Fsp3) is 0.300. The van der Waals surface area contributed by atoms with E-state index in [0.717, 1.165) is 0 Å². The fourth-order valence-corrected chi connectivity index (χ4v) is 0.965. The highest BCUT2D eigenvalue weighted by molar-refractivity contribution is 5.90. The van der Waals surface area contributed by atoms with Crippen molar-refractivity contribution in [1.29, 1.82) is 0 Å². The van der Waals surface area contributed by atoms with Crippen LogP contribution in [0.3, 0.4) is 0 Å². The molecule has 0 amide bonds. The molecule has 0 aliphatic heterocycles. The molecule has 0 aromatic heterocycles. The molecule has 6 nitrogen and oxygen atoms in total. The van der Waals surface area contributed by atoms with Crippen molar-refractivity contribution in [2.75, 3.05) is 18.9 Å². The lowest BCUT2D eigenvalue weighted by Crippen LogP contribution is -2.42. The van der Waals surface area contributed by atoms with E-state index in [1.807, 2.05) is 0 Å². The van der Waals surface area contributed by atoms with Crippen LogP contribution in [0.25, 0.3) is 0 Å². The number of esters is 1. The number of nitrogens with two attached hydrogens (primary N) is 1. The van der Waals surface area contributed by atoms with Gasteiger partial charge in [-0.3, -0.25) is 0 Å². The Bertz CT molecular complexity index is 358. The van der Waals surface area contributed by atoms with Gasteiger partial charge in [0.25, 0.3) is 5.79 Å². The van der Waals surface area contributed by atoms with Crippen molar-refractivity contribution in [1.82, 2.24) is 0 Å². The molecule has 0 atom stereocenters. The number of ether oxygens (including phenoxy) is 1. The maximum atomic E-state index is 11.4. The van der Waals surface area contributed by atoms with Crippen molar-refractivity contribution >= 4 is 11.7 Å². The van der Waals surface area contributed by atoms with Gasteiger partial charge in [0.1, 0.15) is 13.2 Å². The topological polar surface area (TPSA) is 113 Å². The molecular formula is C10H13NO5. The summed E-state index contributed by atoms with van der Waals surface area (Å²) in [6.07, 6.45) is 0. The summed E-state index contributed by atoms with van der Waals surface area (Å²) < 4.78 is 4.54. The molecular weight excluding hydrogens is 214 g/mol. The molecule has 0 heterocycles. The molecule has 0 bridgehead atoms. The average Bonchev–Trinajstić information content (AvgIpc) is 2.29. The monoisotopic (exact) mass is 227 g/mol. The summed E-state index contributed by atoms with van der Waals surface area (Å²) in [6.45, 7) is -1.77. The van der Waals surface area contributed by atoms with Gasteiger partial charge in [0.2, 0.25) is 0 Å². The van der Waals surface area contributed by atoms with E-state index in [0.29, 0.717) is 5.69 Å². The predicted octanol–water partition coefficient (Wildman–Crippen LogP) is -0.901. The minimum atomic E-state index is -2.27. The fourth-order valence-electron chi connectivity index (χ4n) is 0.965. The van der Waals surface area contributed by atoms with Crippen LogP contribution in [0.1, 0.15) is 10.4 Å². The number of hydrogen-bond donors (Lipinski definition) is 4. The highest BCUT2D eigenvalue weighted by atomic mass is 16.7. The van der Waals surface area contributed by atoms with Gasteiger partial charge in [0, 0.05) is 5.69 Å². The van der Waals surface area contributed by atoms with Gasteiger partial charge in [-0.1, -0.05) is 0 Å². The molecule has 0 unspecified atom stereocenters. The number of carbonyl (C=O) groups is 1. The van der Waals surface area contributed by atoms with Crippen molar-refractivity contribution in [3.8, 4) is 0 Å². The van der Waals surface area contributed by atoms with Gasteiger partial charge in [-0.15, -0.1) is 0 Å². The SMILES string of the molecule is Nc1ccc(C(=O)OC(O)(CO)CO)cc1. The largest absolute Gasteiger partial charge is 0.425 e. The Kier molecular flexibility index (Phi) is 3.83. The second kappa shape index (κ2) is 4.93. The lowest BCUT2D eigenvalue weighted by atomic mass is 10.2. The first-order valence-electron chi connectivity index (χ1n) is 4.54. The van der Waals surface area contributed by atoms with E-state index < -0.39 is 25.0 Å². The van der Waals surface area contributed by atoms with Crippen LogP contribution in [0.2, 0.25) is 0 Å². The highest BCUT2D eigenvalue weighted by Crippen LogP contribution is 2.12. The van der Waals surface area contributed by atoms with E-state index in [-0.39, 0.29) is 5.56 Å². The molecule has 0 saturated carbocycles. The molecule has 0 radical (unpaired) electrons. The van der Waals surface area contributed by atoms with Crippen molar-refractivity contribution in [3.63, 3.8) is 0 Å². The maximum Gasteiger partial charge on any atom is 0.340 e. The van der Waals surface area contributed by atoms with E-state index in [1.54, 1.807) is 0 Å². The number of rotatable bonds is 4. The summed E-state index contributed by atoms with van der Waals surface area (Å²) in [5.74, 6) is -3.12. The van der Waals surface area contributed by atoms with E-state index >= 15 is 0 Å². The summed E-state index contributed by atoms with van der Waals surface area (Å²) in [6, 6.07) is 5.81. The van der Waals surface area contributed by atoms with Crippen molar-refractivity contribution in [3.05, 3.63) is 29.8 Å². The Morgan fingerprint density at radius 1 is 1.25 bits per heavy atom. The van der Waals surface area contributed by atoms with Crippen molar-refractivity contribution < 1.29 is 24.9 Å². The predicted molar refractivity (Wildman–Crippen MR) is 55.4 cm³/mol. The van der Waals surface area contributed by atoms with E-state index in [9.17, 15) is 9.90 Å². The molecule has 0 saturated heterocycles. The number of hydrogen-bond acceptors (Lipinski definition) is 6. The summed E-state index contributed by atoms with van der Waals surface area (Å²) in [5.41, 5.74) is 6.07. The number of nitrogen functional groups attached to an aromatic ring is 1. The molecule has 5 N–H and O–H groups in total. The van der Waals surface area contributed by atoms with E-state index in [4.69, 9.17) is 15.9 Å². The number of aliphatic hydroxyl groups excluding tert-OH is 2. The second-order valence-electron chi connectivity index (χ2n) is 3.27. The minimum absolute atomic E-state index is 0.162. The summed E-state index contributed by atoms with van der Waals surface area (Å²) >= 11 is 0. The first-order chi connectivity index (χ1) is 7.50. The normalized spacial score (nSPS) is 11.2. The van der Waals surface area contributed by atoms with Gasteiger partial charge in [0.15, 0.2) is 0 Å². The Balaban J connectivity index is 2.76. The van der Waals surface area contributed by atoms with Crippen LogP contribution in [0, 0.1) is 0 Å². The standard InChI is InChI=1S/C10H13NO5/c11-8-3-1-7(2-4-8)9(14)16-10(15,5-12)6-13/h1-4,12-13,15H,5-6,11H2. The van der Waals surface area contributed by atoms with Crippen LogP contribution < -0.4 is 5.73 Å². The highest BCUT2D eigenvalue weighted by Gasteiger charge is 2.30. The van der Waals surface area contributed by atoms with Crippen molar-refractivity contribution in [2.24, 2.45) is 0 Å². The molecule has 0 aliphatic rings. The first-order valence-corrected chi connectivity index (χ1v) is 4.54. The quantitative estimate of drug-likeness (QED) is 0.301. The molecule has 0 aliphatic carbocycles. The van der Waals surface area contributed by atoms with Crippen LogP contribution in [0.15, 0.2) is 24.3 Å². The van der Waals surface area contributed by atoms with Crippen LogP contribution >= 0.6 is 0 Å². The molecule has 0 spiro atoms. The average molecular weight is 227 g/mol. The van der Waals surface area contributed by atoms with Gasteiger partial charge in [0.05, 0.1) is 5.56 Å². The number of benzene rings is 1. The van der Waals surface area contributed by atoms with Crippen LogP contribution in [-0.2, 0) is 4.74 Å². The van der Waals surface area contributed by atoms with Gasteiger partial charge in [-0.2, -0.15) is 0 Å². The number of aliphatic hydroxyl groups is 3. The van der Waals surface area contributed by atoms with Crippen molar-refractivity contribution in [2.45, 2.75) is 5.79 Å². The van der Waals surface area contributed by atoms with Gasteiger partial charge >= 0.3 is 5.97 Å². The molecule has 0 fully saturated rings. The summed E-state index contributed by atoms with van der Waals surface area (Å²) in [4.78, 5) is 11.4.